The minimum Gasteiger partial charge on any atom is -0.457 e. The molecule has 0 spiro atoms. The summed E-state index contributed by atoms with van der Waals surface area (Å²) in [5, 5.41) is 8.43. The lowest BCUT2D eigenvalue weighted by Crippen LogP contribution is -2.30. The van der Waals surface area contributed by atoms with Crippen LogP contribution in [0.1, 0.15) is 6.42 Å². The number of hydrogen-bond acceptors (Lipinski definition) is 8. The highest BCUT2D eigenvalue weighted by Crippen LogP contribution is 2.11. The first kappa shape index (κ1) is 15.6. The first-order valence-electron chi connectivity index (χ1n) is 6.73. The third kappa shape index (κ3) is 7.13. The van der Waals surface area contributed by atoms with Crippen molar-refractivity contribution in [3.63, 3.8) is 0 Å². The van der Waals surface area contributed by atoms with Crippen molar-refractivity contribution in [1.29, 1.82) is 0 Å². The second-order valence-electron chi connectivity index (χ2n) is 4.76. The van der Waals surface area contributed by atoms with E-state index in [2.05, 4.69) is 0 Å². The highest BCUT2D eigenvalue weighted by Gasteiger charge is 2.25. The van der Waals surface area contributed by atoms with Gasteiger partial charge in [0, 0.05) is 6.54 Å². The minimum absolute atomic E-state index is 0.0878. The van der Waals surface area contributed by atoms with Crippen molar-refractivity contribution < 1.29 is 33.7 Å². The predicted molar refractivity (Wildman–Crippen MR) is 65.4 cm³/mol. The lowest BCUT2D eigenvalue weighted by Gasteiger charge is -2.18. The van der Waals surface area contributed by atoms with Crippen molar-refractivity contribution in [2.75, 3.05) is 46.2 Å². The summed E-state index contributed by atoms with van der Waals surface area (Å²) in [6, 6.07) is 0. The van der Waals surface area contributed by atoms with Gasteiger partial charge < -0.3 is 28.9 Å². The third-order valence-electron chi connectivity index (χ3n) is 2.76. The normalized spacial score (nSPS) is 25.2. The molecule has 2 aliphatic heterocycles. The van der Waals surface area contributed by atoms with Gasteiger partial charge in [-0.05, 0) is 0 Å². The van der Waals surface area contributed by atoms with Gasteiger partial charge in [0.25, 0.3) is 0 Å². The van der Waals surface area contributed by atoms with Gasteiger partial charge in [-0.3, -0.25) is 4.79 Å². The fourth-order valence-electron chi connectivity index (χ4n) is 1.51. The first-order chi connectivity index (χ1) is 9.78. The van der Waals surface area contributed by atoms with Crippen LogP contribution in [0.3, 0.4) is 0 Å². The molecule has 0 aromatic heterocycles. The Bertz CT molecular complexity index is 276. The fourth-order valence-corrected chi connectivity index (χ4v) is 1.51. The fraction of sp³-hybridized carbons (Fsp3) is 0.917. The monoisotopic (exact) mass is 291 g/mol. The second kappa shape index (κ2) is 8.50. The average Bonchev–Trinajstić information content (AvgIpc) is 3.29. The third-order valence-corrected chi connectivity index (χ3v) is 2.76. The molecule has 2 saturated heterocycles. The molecule has 8 heteroatoms. The number of nitrogens with one attached hydrogen (secondary N) is 1. The van der Waals surface area contributed by atoms with E-state index in [0.29, 0.717) is 13.2 Å². The van der Waals surface area contributed by atoms with Crippen molar-refractivity contribution in [2.45, 2.75) is 24.7 Å². The molecule has 2 aliphatic rings. The summed E-state index contributed by atoms with van der Waals surface area (Å²) in [6.07, 6.45) is -0.0278. The Labute approximate surface area is 117 Å². The Balaban J connectivity index is 1.61. The number of carbonyl (C=O) groups excluding carboxylic acids is 1. The highest BCUT2D eigenvalue weighted by molar-refractivity contribution is 5.69. The van der Waals surface area contributed by atoms with Gasteiger partial charge in [-0.15, -0.1) is 0 Å². The summed E-state index contributed by atoms with van der Waals surface area (Å²) >= 11 is 0. The standard InChI is InChI=1S/C12H21NO7/c14-12(1-2-13-15)20-11(5-16-3-9-7-18-9)6-17-4-10-8-19-10/h9-11,13,15H,1-8H2. The topological polar surface area (TPSA) is 102 Å². The molecule has 8 nitrogen and oxygen atoms in total. The number of carbonyl (C=O) groups is 1. The van der Waals surface area contributed by atoms with Crippen molar-refractivity contribution in [3.8, 4) is 0 Å². The van der Waals surface area contributed by atoms with E-state index in [-0.39, 0.29) is 38.4 Å². The van der Waals surface area contributed by atoms with Gasteiger partial charge in [0.05, 0.1) is 46.1 Å². The Morgan fingerprint density at radius 3 is 2.20 bits per heavy atom. The molecule has 2 atom stereocenters. The largest absolute Gasteiger partial charge is 0.457 e. The van der Waals surface area contributed by atoms with Crippen LogP contribution in [0.2, 0.25) is 0 Å². The summed E-state index contributed by atoms with van der Waals surface area (Å²) in [5.41, 5.74) is 1.91. The molecule has 2 heterocycles. The van der Waals surface area contributed by atoms with Crippen LogP contribution in [0.5, 0.6) is 0 Å². The molecular formula is C12H21NO7. The molecule has 2 rings (SSSR count). The van der Waals surface area contributed by atoms with E-state index >= 15 is 0 Å². The van der Waals surface area contributed by atoms with E-state index in [1.807, 2.05) is 5.48 Å². The zero-order valence-electron chi connectivity index (χ0n) is 11.3. The number of hydroxylamine groups is 1. The molecule has 20 heavy (non-hydrogen) atoms. The van der Waals surface area contributed by atoms with Crippen LogP contribution in [-0.4, -0.2) is 75.7 Å². The van der Waals surface area contributed by atoms with Crippen LogP contribution in [0.4, 0.5) is 0 Å². The smallest absolute Gasteiger partial charge is 0.307 e. The summed E-state index contributed by atoms with van der Waals surface area (Å²) in [4.78, 5) is 11.5. The quantitative estimate of drug-likeness (QED) is 0.271. The van der Waals surface area contributed by atoms with Gasteiger partial charge >= 0.3 is 5.97 Å². The first-order valence-corrected chi connectivity index (χ1v) is 6.73. The molecule has 2 N–H and O–H groups in total. The van der Waals surface area contributed by atoms with E-state index in [9.17, 15) is 4.79 Å². The molecule has 0 aliphatic carbocycles. The molecule has 2 fully saturated rings. The van der Waals surface area contributed by atoms with Gasteiger partial charge in [0.15, 0.2) is 0 Å². The molecule has 0 radical (unpaired) electrons. The van der Waals surface area contributed by atoms with Crippen molar-refractivity contribution >= 4 is 5.97 Å². The van der Waals surface area contributed by atoms with Crippen LogP contribution >= 0.6 is 0 Å². The molecule has 2 unspecified atom stereocenters. The summed E-state index contributed by atoms with van der Waals surface area (Å²) in [5.74, 6) is -0.408. The Hall–Kier alpha value is -0.770. The zero-order valence-corrected chi connectivity index (χ0v) is 11.3. The van der Waals surface area contributed by atoms with E-state index in [1.165, 1.54) is 0 Å². The van der Waals surface area contributed by atoms with Gasteiger partial charge in [-0.2, -0.15) is 0 Å². The van der Waals surface area contributed by atoms with Gasteiger partial charge in [-0.1, -0.05) is 0 Å². The lowest BCUT2D eigenvalue weighted by molar-refractivity contribution is -0.156. The number of esters is 1. The lowest BCUT2D eigenvalue weighted by atomic mass is 10.3. The average molecular weight is 291 g/mol. The van der Waals surface area contributed by atoms with Crippen LogP contribution in [0.25, 0.3) is 0 Å². The Morgan fingerprint density at radius 1 is 1.20 bits per heavy atom. The van der Waals surface area contributed by atoms with E-state index in [1.54, 1.807) is 0 Å². The second-order valence-corrected chi connectivity index (χ2v) is 4.76. The van der Waals surface area contributed by atoms with Gasteiger partial charge in [-0.25, -0.2) is 5.48 Å². The molecule has 0 saturated carbocycles. The predicted octanol–water partition coefficient (Wildman–Crippen LogP) is -0.902. The highest BCUT2D eigenvalue weighted by atomic mass is 16.6. The summed E-state index contributed by atoms with van der Waals surface area (Å²) < 4.78 is 26.1. The maximum absolute atomic E-state index is 11.5. The van der Waals surface area contributed by atoms with Crippen LogP contribution in [0.15, 0.2) is 0 Å². The molecule has 116 valence electrons. The van der Waals surface area contributed by atoms with E-state index in [4.69, 9.17) is 28.9 Å². The van der Waals surface area contributed by atoms with Crippen LogP contribution in [0, 0.1) is 0 Å². The molecular weight excluding hydrogens is 270 g/mol. The van der Waals surface area contributed by atoms with Crippen molar-refractivity contribution in [2.24, 2.45) is 0 Å². The minimum atomic E-state index is -0.460. The maximum Gasteiger partial charge on any atom is 0.307 e. The van der Waals surface area contributed by atoms with Gasteiger partial charge in [0.1, 0.15) is 18.3 Å². The Kier molecular flexibility index (Phi) is 6.64. The summed E-state index contributed by atoms with van der Waals surface area (Å²) in [7, 11) is 0. The SMILES string of the molecule is O=C(CCNO)OC(COCC1CO1)COCC1CO1. The van der Waals surface area contributed by atoms with Crippen molar-refractivity contribution in [1.82, 2.24) is 5.48 Å². The molecule has 0 aromatic carbocycles. The van der Waals surface area contributed by atoms with Crippen LogP contribution in [-0.2, 0) is 28.5 Å². The maximum atomic E-state index is 11.5. The molecule has 0 amide bonds. The number of hydrogen-bond donors (Lipinski definition) is 2. The molecule has 0 bridgehead atoms. The number of epoxide rings is 2. The van der Waals surface area contributed by atoms with Gasteiger partial charge in [0.2, 0.25) is 0 Å². The Morgan fingerprint density at radius 2 is 1.75 bits per heavy atom. The summed E-state index contributed by atoms with van der Waals surface area (Å²) in [6.45, 7) is 3.13. The van der Waals surface area contributed by atoms with E-state index < -0.39 is 12.1 Å². The number of rotatable bonds is 12. The molecule has 0 aromatic rings. The zero-order chi connectivity index (χ0) is 14.2. The van der Waals surface area contributed by atoms with Crippen molar-refractivity contribution in [3.05, 3.63) is 0 Å². The van der Waals surface area contributed by atoms with Crippen LogP contribution < -0.4 is 5.48 Å². The number of ether oxygens (including phenoxy) is 5. The van der Waals surface area contributed by atoms with E-state index in [0.717, 1.165) is 13.2 Å².